The normalized spacial score (nSPS) is 15.3. The quantitative estimate of drug-likeness (QED) is 0.169. The summed E-state index contributed by atoms with van der Waals surface area (Å²) in [6.07, 6.45) is 7.15. The second-order valence-electron chi connectivity index (χ2n) is 10.3. The van der Waals surface area contributed by atoms with E-state index in [0.29, 0.717) is 58.8 Å². The number of rotatable bonds is 10. The Labute approximate surface area is 243 Å². The van der Waals surface area contributed by atoms with Crippen molar-refractivity contribution in [3.05, 3.63) is 75.4 Å². The van der Waals surface area contributed by atoms with Gasteiger partial charge in [-0.3, -0.25) is 14.6 Å². The van der Waals surface area contributed by atoms with Crippen LogP contribution in [0.4, 0.5) is 15.9 Å². The van der Waals surface area contributed by atoms with Gasteiger partial charge in [0.05, 0.1) is 27.8 Å². The van der Waals surface area contributed by atoms with Crippen LogP contribution in [-0.4, -0.2) is 64.1 Å². The largest absolute Gasteiger partial charge is 0.486 e. The third-order valence-corrected chi connectivity index (χ3v) is 7.87. The molecule has 0 amide bonds. The van der Waals surface area contributed by atoms with Gasteiger partial charge in [-0.05, 0) is 38.1 Å². The third-order valence-electron chi connectivity index (χ3n) is 6.46. The number of benzene rings is 1. The van der Waals surface area contributed by atoms with Crippen molar-refractivity contribution >= 4 is 50.1 Å². The van der Waals surface area contributed by atoms with Gasteiger partial charge < -0.3 is 20.7 Å². The molecule has 1 saturated heterocycles. The topological polar surface area (TPSA) is 130 Å². The first kappa shape index (κ1) is 30.0. The highest BCUT2D eigenvalue weighted by atomic mass is 35.5. The van der Waals surface area contributed by atoms with Crippen LogP contribution in [0.25, 0.3) is 0 Å². The average Bonchev–Trinajstić information content (AvgIpc) is 2.85. The summed E-state index contributed by atoms with van der Waals surface area (Å²) in [5.74, 6) is 0.129. The predicted molar refractivity (Wildman–Crippen MR) is 160 cm³/mol. The minimum absolute atomic E-state index is 0.0100. The summed E-state index contributed by atoms with van der Waals surface area (Å²) in [5.41, 5.74) is 7.54. The molecule has 0 unspecified atom stereocenters. The van der Waals surface area contributed by atoms with Crippen molar-refractivity contribution < 1.29 is 13.3 Å². The van der Waals surface area contributed by atoms with Crippen molar-refractivity contribution in [1.29, 1.82) is 5.41 Å². The molecule has 9 nitrogen and oxygen atoms in total. The molecule has 214 valence electrons. The van der Waals surface area contributed by atoms with E-state index in [1.807, 2.05) is 11.8 Å². The Morgan fingerprint density at radius 3 is 2.58 bits per heavy atom. The molecule has 0 spiro atoms. The molecule has 4 N–H and O–H groups in total. The van der Waals surface area contributed by atoms with Crippen LogP contribution < -0.4 is 20.7 Å². The zero-order chi connectivity index (χ0) is 29.2. The standard InChI is InChI=1S/C27H32Cl2FN7O2S/c1-16(24-20(28)12-33-13-21(24)29)39-18-5-6-23(31)19(10-18)25(32)17-9-22(30)26(34-11-17)37-14-27(2,15-37)35-7-8-36-40(3,4)38/h5-6,9-13,16,32,35H,7-8,14-15,31H2,1-4H3/t16-/m1/s1. The fourth-order valence-corrected chi connectivity index (χ4v) is 5.74. The van der Waals surface area contributed by atoms with E-state index >= 15 is 4.39 Å². The summed E-state index contributed by atoms with van der Waals surface area (Å²) < 4.78 is 37.0. The molecule has 1 fully saturated rings. The van der Waals surface area contributed by atoms with Crippen LogP contribution in [0, 0.1) is 11.2 Å². The van der Waals surface area contributed by atoms with Crippen LogP contribution in [0.15, 0.2) is 47.2 Å². The van der Waals surface area contributed by atoms with Crippen LogP contribution >= 0.6 is 23.2 Å². The summed E-state index contributed by atoms with van der Waals surface area (Å²) >= 11 is 12.5. The number of anilines is 2. The first-order valence-corrected chi connectivity index (χ1v) is 15.6. The van der Waals surface area contributed by atoms with E-state index in [1.165, 1.54) is 24.7 Å². The fraction of sp³-hybridized carbons (Fsp3) is 0.370. The second-order valence-corrected chi connectivity index (χ2v) is 13.7. The van der Waals surface area contributed by atoms with Gasteiger partial charge in [0, 0.05) is 82.8 Å². The van der Waals surface area contributed by atoms with Gasteiger partial charge in [0.2, 0.25) is 0 Å². The molecule has 3 heterocycles. The van der Waals surface area contributed by atoms with Crippen LogP contribution in [0.5, 0.6) is 5.75 Å². The molecule has 0 radical (unpaired) electrons. The lowest BCUT2D eigenvalue weighted by molar-refractivity contribution is 0.227. The molecule has 40 heavy (non-hydrogen) atoms. The highest BCUT2D eigenvalue weighted by Gasteiger charge is 2.40. The maximum Gasteiger partial charge on any atom is 0.166 e. The SMILES string of the molecule is C[C@@H](Oc1ccc(N)c(C(=N)c2cnc(N3CC(C)(NCCN=S(C)(C)=O)C3)c(F)c2)c1)c1c(Cl)cncc1Cl. The minimum atomic E-state index is -2.13. The van der Waals surface area contributed by atoms with E-state index in [2.05, 4.69) is 19.6 Å². The number of pyridine rings is 2. The van der Waals surface area contributed by atoms with E-state index in [4.69, 9.17) is 39.1 Å². The molecule has 1 aliphatic rings. The van der Waals surface area contributed by atoms with Gasteiger partial charge in [0.15, 0.2) is 11.6 Å². The molecule has 0 bridgehead atoms. The van der Waals surface area contributed by atoms with Gasteiger partial charge in [0.25, 0.3) is 0 Å². The maximum atomic E-state index is 15.1. The molecule has 1 aromatic carbocycles. The molecular formula is C27H32Cl2FN7O2S. The smallest absolute Gasteiger partial charge is 0.166 e. The first-order valence-electron chi connectivity index (χ1n) is 12.5. The van der Waals surface area contributed by atoms with E-state index in [-0.39, 0.29) is 22.6 Å². The number of nitrogens with one attached hydrogen (secondary N) is 2. The first-order chi connectivity index (χ1) is 18.8. The molecule has 1 atom stereocenters. The predicted octanol–water partition coefficient (Wildman–Crippen LogP) is 4.96. The van der Waals surface area contributed by atoms with Crippen LogP contribution in [0.3, 0.4) is 0 Å². The average molecular weight is 609 g/mol. The Balaban J connectivity index is 1.44. The van der Waals surface area contributed by atoms with Crippen molar-refractivity contribution in [3.8, 4) is 5.75 Å². The maximum absolute atomic E-state index is 15.1. The molecule has 0 saturated carbocycles. The molecule has 2 aromatic heterocycles. The zero-order valence-corrected chi connectivity index (χ0v) is 25.0. The molecular weight excluding hydrogens is 576 g/mol. The van der Waals surface area contributed by atoms with Crippen molar-refractivity contribution in [3.63, 3.8) is 0 Å². The number of nitrogens with two attached hydrogens (primary N) is 1. The van der Waals surface area contributed by atoms with E-state index in [0.717, 1.165) is 0 Å². The Bertz CT molecular complexity index is 1530. The monoisotopic (exact) mass is 607 g/mol. The van der Waals surface area contributed by atoms with Crippen LogP contribution in [0.1, 0.15) is 36.6 Å². The van der Waals surface area contributed by atoms with Crippen LogP contribution in [-0.2, 0) is 9.73 Å². The van der Waals surface area contributed by atoms with E-state index in [9.17, 15) is 4.21 Å². The van der Waals surface area contributed by atoms with Crippen molar-refractivity contribution in [1.82, 2.24) is 15.3 Å². The number of hydrogen-bond donors (Lipinski definition) is 3. The number of hydrogen-bond acceptors (Lipinski definition) is 9. The molecule has 4 rings (SSSR count). The Kier molecular flexibility index (Phi) is 8.89. The number of halogens is 3. The lowest BCUT2D eigenvalue weighted by atomic mass is 9.92. The third kappa shape index (κ3) is 7.01. The lowest BCUT2D eigenvalue weighted by Crippen LogP contribution is -2.68. The minimum Gasteiger partial charge on any atom is -0.486 e. The number of nitrogen functional groups attached to an aromatic ring is 1. The second kappa shape index (κ2) is 11.9. The highest BCUT2D eigenvalue weighted by Crippen LogP contribution is 2.34. The Hall–Kier alpha value is -2.99. The van der Waals surface area contributed by atoms with Gasteiger partial charge >= 0.3 is 0 Å². The summed E-state index contributed by atoms with van der Waals surface area (Å²) in [6.45, 7) is 5.97. The highest BCUT2D eigenvalue weighted by molar-refractivity contribution is 7.92. The summed E-state index contributed by atoms with van der Waals surface area (Å²) in [4.78, 5) is 10.1. The zero-order valence-electron chi connectivity index (χ0n) is 22.7. The number of ether oxygens (including phenoxy) is 1. The lowest BCUT2D eigenvalue weighted by Gasteiger charge is -2.49. The summed E-state index contributed by atoms with van der Waals surface area (Å²) in [6, 6.07) is 6.22. The van der Waals surface area contributed by atoms with Crippen molar-refractivity contribution in [2.75, 3.05) is 49.3 Å². The fourth-order valence-electron chi connectivity index (χ4n) is 4.53. The molecule has 3 aromatic rings. The van der Waals surface area contributed by atoms with E-state index < -0.39 is 21.7 Å². The molecule has 13 heteroatoms. The summed E-state index contributed by atoms with van der Waals surface area (Å²) in [7, 11) is -2.13. The van der Waals surface area contributed by atoms with Gasteiger partial charge in [0.1, 0.15) is 11.9 Å². The van der Waals surface area contributed by atoms with Crippen LogP contribution in [0.2, 0.25) is 10.0 Å². The van der Waals surface area contributed by atoms with Crippen molar-refractivity contribution in [2.45, 2.75) is 25.5 Å². The van der Waals surface area contributed by atoms with Crippen molar-refractivity contribution in [2.24, 2.45) is 4.36 Å². The van der Waals surface area contributed by atoms with Gasteiger partial charge in [-0.25, -0.2) is 13.7 Å². The Morgan fingerprint density at radius 2 is 1.95 bits per heavy atom. The number of aromatic nitrogens is 2. The van der Waals surface area contributed by atoms with Gasteiger partial charge in [-0.15, -0.1) is 0 Å². The molecule has 0 aliphatic carbocycles. The Morgan fingerprint density at radius 1 is 1.27 bits per heavy atom. The molecule has 1 aliphatic heterocycles. The van der Waals surface area contributed by atoms with Gasteiger partial charge in [-0.1, -0.05) is 23.2 Å². The van der Waals surface area contributed by atoms with E-state index in [1.54, 1.807) is 37.6 Å². The van der Waals surface area contributed by atoms with Gasteiger partial charge in [-0.2, -0.15) is 0 Å². The summed E-state index contributed by atoms with van der Waals surface area (Å²) in [5, 5.41) is 12.9. The number of nitrogens with zero attached hydrogens (tertiary/aromatic N) is 4.